The van der Waals surface area contributed by atoms with E-state index in [2.05, 4.69) is 11.9 Å². The van der Waals surface area contributed by atoms with E-state index in [4.69, 9.17) is 15.6 Å². The molecule has 0 aromatic rings. The number of ether oxygens (including phenoxy) is 1. The highest BCUT2D eigenvalue weighted by Crippen LogP contribution is 1.96. The third-order valence-corrected chi connectivity index (χ3v) is 1.98. The number of carboxylic acid groups (broad SMARTS) is 1. The molecule has 0 aliphatic carbocycles. The zero-order valence-corrected chi connectivity index (χ0v) is 9.31. The number of nitrogens with two attached hydrogens (primary N) is 1. The molecule has 16 heavy (non-hydrogen) atoms. The SMILES string of the molecule is C=CCC(N)C(=O)NC(CCOC)C(=O)O. The third kappa shape index (κ3) is 5.47. The fourth-order valence-electron chi connectivity index (χ4n) is 1.06. The van der Waals surface area contributed by atoms with Crippen molar-refractivity contribution in [2.75, 3.05) is 13.7 Å². The summed E-state index contributed by atoms with van der Waals surface area (Å²) in [7, 11) is 1.46. The second kappa shape index (κ2) is 7.84. The second-order valence-electron chi connectivity index (χ2n) is 3.31. The van der Waals surface area contributed by atoms with Gasteiger partial charge >= 0.3 is 5.97 Å². The minimum atomic E-state index is -1.10. The maximum absolute atomic E-state index is 11.4. The van der Waals surface area contributed by atoms with Gasteiger partial charge in [0.2, 0.25) is 5.91 Å². The Kier molecular flexibility index (Phi) is 7.15. The Bertz CT molecular complexity index is 255. The summed E-state index contributed by atoms with van der Waals surface area (Å²) in [6.45, 7) is 3.71. The Morgan fingerprint density at radius 1 is 1.62 bits per heavy atom. The van der Waals surface area contributed by atoms with E-state index in [-0.39, 0.29) is 13.0 Å². The van der Waals surface area contributed by atoms with Crippen LogP contribution in [0, 0.1) is 0 Å². The van der Waals surface area contributed by atoms with Crippen LogP contribution in [0.4, 0.5) is 0 Å². The number of amides is 1. The number of carboxylic acids is 1. The first-order valence-electron chi connectivity index (χ1n) is 4.91. The highest BCUT2D eigenvalue weighted by atomic mass is 16.5. The van der Waals surface area contributed by atoms with Crippen molar-refractivity contribution < 1.29 is 19.4 Å². The van der Waals surface area contributed by atoms with E-state index < -0.39 is 24.0 Å². The molecule has 6 nitrogen and oxygen atoms in total. The molecule has 0 radical (unpaired) electrons. The minimum absolute atomic E-state index is 0.207. The molecule has 0 aliphatic rings. The molecular formula is C10H18N2O4. The van der Waals surface area contributed by atoms with Gasteiger partial charge in [0.25, 0.3) is 0 Å². The minimum Gasteiger partial charge on any atom is -0.480 e. The summed E-state index contributed by atoms with van der Waals surface area (Å²) in [4.78, 5) is 22.2. The van der Waals surface area contributed by atoms with Gasteiger partial charge in [0.05, 0.1) is 6.04 Å². The zero-order valence-electron chi connectivity index (χ0n) is 9.31. The van der Waals surface area contributed by atoms with E-state index in [0.29, 0.717) is 6.42 Å². The first kappa shape index (κ1) is 14.6. The summed E-state index contributed by atoms with van der Waals surface area (Å²) in [6.07, 6.45) is 2.02. The lowest BCUT2D eigenvalue weighted by atomic mass is 10.1. The van der Waals surface area contributed by atoms with Gasteiger partial charge in [-0.3, -0.25) is 4.79 Å². The van der Waals surface area contributed by atoms with Crippen molar-refractivity contribution in [3.63, 3.8) is 0 Å². The van der Waals surface area contributed by atoms with Crippen molar-refractivity contribution in [2.24, 2.45) is 5.73 Å². The van der Waals surface area contributed by atoms with Gasteiger partial charge in [0.15, 0.2) is 0 Å². The number of hydrogen-bond acceptors (Lipinski definition) is 4. The number of carbonyl (C=O) groups excluding carboxylic acids is 1. The maximum atomic E-state index is 11.4. The molecule has 0 aromatic carbocycles. The molecule has 0 aliphatic heterocycles. The molecule has 1 amide bonds. The molecule has 0 saturated carbocycles. The summed E-state index contributed by atoms with van der Waals surface area (Å²) < 4.78 is 4.75. The predicted molar refractivity (Wildman–Crippen MR) is 58.8 cm³/mol. The summed E-state index contributed by atoms with van der Waals surface area (Å²) in [5.41, 5.74) is 5.50. The summed E-state index contributed by atoms with van der Waals surface area (Å²) in [5.74, 6) is -1.60. The van der Waals surface area contributed by atoms with E-state index in [1.54, 1.807) is 0 Å². The lowest BCUT2D eigenvalue weighted by molar-refractivity contribution is -0.142. The number of carbonyl (C=O) groups is 2. The number of aliphatic carboxylic acids is 1. The predicted octanol–water partition coefficient (Wildman–Crippen LogP) is -0.504. The van der Waals surface area contributed by atoms with Crippen molar-refractivity contribution >= 4 is 11.9 Å². The second-order valence-corrected chi connectivity index (χ2v) is 3.31. The van der Waals surface area contributed by atoms with Crippen LogP contribution in [0.1, 0.15) is 12.8 Å². The largest absolute Gasteiger partial charge is 0.480 e. The Hall–Kier alpha value is -1.40. The standard InChI is InChI=1S/C10H18N2O4/c1-3-4-7(11)9(13)12-8(10(14)15)5-6-16-2/h3,7-8H,1,4-6,11H2,2H3,(H,12,13)(H,14,15). The molecule has 92 valence electrons. The van der Waals surface area contributed by atoms with E-state index in [1.165, 1.54) is 13.2 Å². The Morgan fingerprint density at radius 2 is 2.25 bits per heavy atom. The fraction of sp³-hybridized carbons (Fsp3) is 0.600. The molecule has 0 saturated heterocycles. The molecule has 0 rings (SSSR count). The van der Waals surface area contributed by atoms with Gasteiger partial charge in [-0.1, -0.05) is 6.08 Å². The van der Waals surface area contributed by atoms with Gasteiger partial charge in [-0.2, -0.15) is 0 Å². The Morgan fingerprint density at radius 3 is 2.69 bits per heavy atom. The number of nitrogens with one attached hydrogen (secondary N) is 1. The molecule has 0 heterocycles. The van der Waals surface area contributed by atoms with Crippen LogP contribution < -0.4 is 11.1 Å². The average molecular weight is 230 g/mol. The van der Waals surface area contributed by atoms with Gasteiger partial charge in [0.1, 0.15) is 6.04 Å². The normalized spacial score (nSPS) is 13.9. The van der Waals surface area contributed by atoms with Gasteiger partial charge in [0, 0.05) is 20.1 Å². The first-order valence-corrected chi connectivity index (χ1v) is 4.91. The van der Waals surface area contributed by atoms with Crippen LogP contribution in [-0.2, 0) is 14.3 Å². The molecule has 6 heteroatoms. The zero-order chi connectivity index (χ0) is 12.6. The molecule has 0 bridgehead atoms. The quantitative estimate of drug-likeness (QED) is 0.488. The van der Waals surface area contributed by atoms with Gasteiger partial charge < -0.3 is 20.9 Å². The molecule has 4 N–H and O–H groups in total. The van der Waals surface area contributed by atoms with Crippen molar-refractivity contribution in [2.45, 2.75) is 24.9 Å². The van der Waals surface area contributed by atoms with Crippen LogP contribution in [0.15, 0.2) is 12.7 Å². The van der Waals surface area contributed by atoms with E-state index >= 15 is 0 Å². The lowest BCUT2D eigenvalue weighted by Gasteiger charge is -2.16. The van der Waals surface area contributed by atoms with Crippen LogP contribution in [0.25, 0.3) is 0 Å². The van der Waals surface area contributed by atoms with Crippen molar-refractivity contribution in [1.82, 2.24) is 5.32 Å². The molecule has 2 unspecified atom stereocenters. The van der Waals surface area contributed by atoms with Gasteiger partial charge in [-0.25, -0.2) is 4.79 Å². The molecule has 0 spiro atoms. The Labute approximate surface area is 94.5 Å². The average Bonchev–Trinajstić information content (AvgIpc) is 2.23. The number of rotatable bonds is 8. The number of hydrogen-bond donors (Lipinski definition) is 3. The highest BCUT2D eigenvalue weighted by molar-refractivity contribution is 5.86. The van der Waals surface area contributed by atoms with E-state index in [9.17, 15) is 9.59 Å². The summed E-state index contributed by atoms with van der Waals surface area (Å²) >= 11 is 0. The fourth-order valence-corrected chi connectivity index (χ4v) is 1.06. The van der Waals surface area contributed by atoms with Gasteiger partial charge in [-0.05, 0) is 6.42 Å². The smallest absolute Gasteiger partial charge is 0.326 e. The molecule has 2 atom stereocenters. The first-order chi connectivity index (χ1) is 7.52. The molecular weight excluding hydrogens is 212 g/mol. The van der Waals surface area contributed by atoms with Crippen molar-refractivity contribution in [3.05, 3.63) is 12.7 Å². The lowest BCUT2D eigenvalue weighted by Crippen LogP contribution is -2.48. The number of methoxy groups -OCH3 is 1. The van der Waals surface area contributed by atoms with Crippen LogP contribution in [0.5, 0.6) is 0 Å². The molecule has 0 fully saturated rings. The van der Waals surface area contributed by atoms with Gasteiger partial charge in [-0.15, -0.1) is 6.58 Å². The van der Waals surface area contributed by atoms with Crippen molar-refractivity contribution in [3.8, 4) is 0 Å². The summed E-state index contributed by atoms with van der Waals surface area (Å²) in [6, 6.07) is -1.73. The topological polar surface area (TPSA) is 102 Å². The van der Waals surface area contributed by atoms with Crippen LogP contribution in [-0.4, -0.2) is 42.8 Å². The van der Waals surface area contributed by atoms with Crippen LogP contribution in [0.2, 0.25) is 0 Å². The van der Waals surface area contributed by atoms with Crippen LogP contribution in [0.3, 0.4) is 0 Å². The summed E-state index contributed by atoms with van der Waals surface area (Å²) in [5, 5.41) is 11.2. The van der Waals surface area contributed by atoms with E-state index in [1.807, 2.05) is 0 Å². The Balaban J connectivity index is 4.22. The molecule has 0 aromatic heterocycles. The van der Waals surface area contributed by atoms with Crippen LogP contribution >= 0.6 is 0 Å². The van der Waals surface area contributed by atoms with Crippen molar-refractivity contribution in [1.29, 1.82) is 0 Å². The maximum Gasteiger partial charge on any atom is 0.326 e. The highest BCUT2D eigenvalue weighted by Gasteiger charge is 2.22. The van der Waals surface area contributed by atoms with E-state index in [0.717, 1.165) is 0 Å². The monoisotopic (exact) mass is 230 g/mol. The third-order valence-electron chi connectivity index (χ3n) is 1.98.